The lowest BCUT2D eigenvalue weighted by molar-refractivity contribution is 0.0341. The Morgan fingerprint density at radius 2 is 1.92 bits per heavy atom. The van der Waals surface area contributed by atoms with E-state index in [1.54, 1.807) is 0 Å². The summed E-state index contributed by atoms with van der Waals surface area (Å²) in [5.41, 5.74) is 2.73. The van der Waals surface area contributed by atoms with Crippen LogP contribution in [-0.4, -0.2) is 62.7 Å². The van der Waals surface area contributed by atoms with Crippen molar-refractivity contribution >= 4 is 29.9 Å². The van der Waals surface area contributed by atoms with Gasteiger partial charge in [0.2, 0.25) is 0 Å². The highest BCUT2D eigenvalue weighted by Gasteiger charge is 2.13. The van der Waals surface area contributed by atoms with Crippen LogP contribution in [0.15, 0.2) is 29.3 Å². The Labute approximate surface area is 169 Å². The fraction of sp³-hybridized carbons (Fsp3) is 0.632. The number of halogens is 1. The Morgan fingerprint density at radius 3 is 2.56 bits per heavy atom. The number of nitrogens with zero attached hydrogens (tertiary/aromatic N) is 3. The first-order valence-corrected chi connectivity index (χ1v) is 9.03. The van der Waals surface area contributed by atoms with Crippen LogP contribution in [0, 0.1) is 0 Å². The third kappa shape index (κ3) is 7.50. The monoisotopic (exact) mass is 460 g/mol. The first-order chi connectivity index (χ1) is 11.7. The number of nitrogens with one attached hydrogen (secondary N) is 1. The summed E-state index contributed by atoms with van der Waals surface area (Å²) in [5.74, 6) is 0.963. The van der Waals surface area contributed by atoms with Gasteiger partial charge in [-0.3, -0.25) is 9.89 Å². The van der Waals surface area contributed by atoms with E-state index in [9.17, 15) is 0 Å². The van der Waals surface area contributed by atoms with Gasteiger partial charge in [-0.1, -0.05) is 37.6 Å². The summed E-state index contributed by atoms with van der Waals surface area (Å²) in [6.07, 6.45) is 2.38. The predicted octanol–water partition coefficient (Wildman–Crippen LogP) is 2.94. The van der Waals surface area contributed by atoms with Crippen molar-refractivity contribution in [3.05, 3.63) is 35.4 Å². The summed E-state index contributed by atoms with van der Waals surface area (Å²) in [4.78, 5) is 9.07. The summed E-state index contributed by atoms with van der Waals surface area (Å²) in [6, 6.07) is 8.68. The maximum absolute atomic E-state index is 5.44. The van der Waals surface area contributed by atoms with Gasteiger partial charge in [0.1, 0.15) is 0 Å². The summed E-state index contributed by atoms with van der Waals surface area (Å²) in [6.45, 7) is 8.77. The fourth-order valence-electron chi connectivity index (χ4n) is 2.94. The third-order valence-electron chi connectivity index (χ3n) is 4.47. The SMILES string of the molecule is CCCCN(C)C(=NC)NCc1ccccc1CN1CCOCC1.I. The lowest BCUT2D eigenvalue weighted by Crippen LogP contribution is -2.39. The molecule has 1 aliphatic heterocycles. The van der Waals surface area contributed by atoms with Crippen LogP contribution in [0.3, 0.4) is 0 Å². The van der Waals surface area contributed by atoms with E-state index >= 15 is 0 Å². The largest absolute Gasteiger partial charge is 0.379 e. The van der Waals surface area contributed by atoms with Gasteiger partial charge >= 0.3 is 0 Å². The van der Waals surface area contributed by atoms with Crippen molar-refractivity contribution in [1.82, 2.24) is 15.1 Å². The van der Waals surface area contributed by atoms with Crippen LogP contribution >= 0.6 is 24.0 Å². The summed E-state index contributed by atoms with van der Waals surface area (Å²) in [7, 11) is 3.95. The number of hydrogen-bond donors (Lipinski definition) is 1. The average Bonchev–Trinajstić information content (AvgIpc) is 2.62. The zero-order valence-electron chi connectivity index (χ0n) is 15.8. The molecule has 1 saturated heterocycles. The van der Waals surface area contributed by atoms with Crippen molar-refractivity contribution in [2.45, 2.75) is 32.9 Å². The topological polar surface area (TPSA) is 40.1 Å². The van der Waals surface area contributed by atoms with Gasteiger partial charge in [0.25, 0.3) is 0 Å². The van der Waals surface area contributed by atoms with Crippen LogP contribution in [-0.2, 0) is 17.8 Å². The second kappa shape index (κ2) is 12.5. The molecular weight excluding hydrogens is 427 g/mol. The molecule has 0 aromatic heterocycles. The molecule has 2 rings (SSSR count). The minimum absolute atomic E-state index is 0. The normalized spacial score (nSPS) is 15.6. The fourth-order valence-corrected chi connectivity index (χ4v) is 2.94. The van der Waals surface area contributed by atoms with Crippen molar-refractivity contribution in [1.29, 1.82) is 0 Å². The minimum Gasteiger partial charge on any atom is -0.379 e. The number of guanidine groups is 1. The van der Waals surface area contributed by atoms with Crippen LogP contribution in [0.5, 0.6) is 0 Å². The van der Waals surface area contributed by atoms with Crippen molar-refractivity contribution in [2.24, 2.45) is 4.99 Å². The average molecular weight is 460 g/mol. The Balaban J connectivity index is 0.00000312. The maximum atomic E-state index is 5.44. The summed E-state index contributed by atoms with van der Waals surface area (Å²) < 4.78 is 5.44. The van der Waals surface area contributed by atoms with Gasteiger partial charge in [-0.25, -0.2) is 0 Å². The van der Waals surface area contributed by atoms with Gasteiger partial charge < -0.3 is 15.0 Å². The molecule has 1 fully saturated rings. The van der Waals surface area contributed by atoms with Gasteiger partial charge in [0, 0.05) is 46.8 Å². The lowest BCUT2D eigenvalue weighted by atomic mass is 10.1. The third-order valence-corrected chi connectivity index (χ3v) is 4.47. The number of benzene rings is 1. The Morgan fingerprint density at radius 1 is 1.24 bits per heavy atom. The quantitative estimate of drug-likeness (QED) is 0.386. The van der Waals surface area contributed by atoms with Gasteiger partial charge in [-0.05, 0) is 17.5 Å². The van der Waals surface area contributed by atoms with Crippen LogP contribution in [0.1, 0.15) is 30.9 Å². The number of morpholine rings is 1. The minimum atomic E-state index is 0. The summed E-state index contributed by atoms with van der Waals surface area (Å²) >= 11 is 0. The molecular formula is C19H33IN4O. The molecule has 0 radical (unpaired) electrons. The molecule has 1 N–H and O–H groups in total. The van der Waals surface area contributed by atoms with Crippen LogP contribution in [0.2, 0.25) is 0 Å². The van der Waals surface area contributed by atoms with Crippen molar-refractivity contribution in [3.8, 4) is 0 Å². The molecule has 0 amide bonds. The Kier molecular flexibility index (Phi) is 11.1. The smallest absolute Gasteiger partial charge is 0.193 e. The molecule has 1 aromatic carbocycles. The molecule has 0 bridgehead atoms. The van der Waals surface area contributed by atoms with Crippen molar-refractivity contribution < 1.29 is 4.74 Å². The van der Waals surface area contributed by atoms with E-state index in [1.807, 2.05) is 7.05 Å². The molecule has 0 unspecified atom stereocenters. The van der Waals surface area contributed by atoms with E-state index in [4.69, 9.17) is 4.74 Å². The van der Waals surface area contributed by atoms with E-state index < -0.39 is 0 Å². The molecule has 6 heteroatoms. The highest BCUT2D eigenvalue weighted by atomic mass is 127. The van der Waals surface area contributed by atoms with E-state index in [1.165, 1.54) is 24.0 Å². The molecule has 0 spiro atoms. The molecule has 1 aromatic rings. The second-order valence-corrected chi connectivity index (χ2v) is 6.33. The molecule has 0 saturated carbocycles. The van der Waals surface area contributed by atoms with Gasteiger partial charge in [0.15, 0.2) is 5.96 Å². The first-order valence-electron chi connectivity index (χ1n) is 9.03. The first kappa shape index (κ1) is 22.2. The highest BCUT2D eigenvalue weighted by molar-refractivity contribution is 14.0. The van der Waals surface area contributed by atoms with E-state index in [-0.39, 0.29) is 24.0 Å². The van der Waals surface area contributed by atoms with Crippen LogP contribution < -0.4 is 5.32 Å². The molecule has 25 heavy (non-hydrogen) atoms. The summed E-state index contributed by atoms with van der Waals surface area (Å²) in [5, 5.41) is 3.50. The maximum Gasteiger partial charge on any atom is 0.193 e. The lowest BCUT2D eigenvalue weighted by Gasteiger charge is -2.28. The van der Waals surface area contributed by atoms with Gasteiger partial charge in [-0.2, -0.15) is 0 Å². The number of hydrogen-bond acceptors (Lipinski definition) is 3. The molecule has 142 valence electrons. The van der Waals surface area contributed by atoms with E-state index in [2.05, 4.69) is 58.3 Å². The van der Waals surface area contributed by atoms with Crippen molar-refractivity contribution in [2.75, 3.05) is 46.9 Å². The zero-order valence-corrected chi connectivity index (χ0v) is 18.2. The molecule has 0 atom stereocenters. The second-order valence-electron chi connectivity index (χ2n) is 6.33. The number of rotatable bonds is 7. The van der Waals surface area contributed by atoms with Crippen molar-refractivity contribution in [3.63, 3.8) is 0 Å². The van der Waals surface area contributed by atoms with Gasteiger partial charge in [-0.15, -0.1) is 24.0 Å². The Hall–Kier alpha value is -0.860. The number of ether oxygens (including phenoxy) is 1. The number of aliphatic imine (C=N–C) groups is 1. The zero-order chi connectivity index (χ0) is 17.2. The highest BCUT2D eigenvalue weighted by Crippen LogP contribution is 2.13. The predicted molar refractivity (Wildman–Crippen MR) is 116 cm³/mol. The standard InChI is InChI=1S/C19H32N4O.HI/c1-4-5-10-22(3)19(20-2)21-15-17-8-6-7-9-18(17)16-23-11-13-24-14-12-23;/h6-9H,4-5,10-16H2,1-3H3,(H,20,21);1H. The number of unbranched alkanes of at least 4 members (excludes halogenated alkanes) is 1. The van der Waals surface area contributed by atoms with E-state index in [0.717, 1.165) is 51.9 Å². The Bertz CT molecular complexity index is 518. The van der Waals surface area contributed by atoms with E-state index in [0.29, 0.717) is 0 Å². The van der Waals surface area contributed by atoms with Gasteiger partial charge in [0.05, 0.1) is 13.2 Å². The van der Waals surface area contributed by atoms with Crippen LogP contribution in [0.25, 0.3) is 0 Å². The molecule has 1 heterocycles. The molecule has 0 aliphatic carbocycles. The van der Waals surface area contributed by atoms with Crippen LogP contribution in [0.4, 0.5) is 0 Å². The molecule has 1 aliphatic rings. The molecule has 5 nitrogen and oxygen atoms in total.